The van der Waals surface area contributed by atoms with Gasteiger partial charge in [0.15, 0.2) is 5.54 Å². The van der Waals surface area contributed by atoms with Crippen LogP contribution in [-0.4, -0.2) is 45.7 Å². The highest BCUT2D eigenvalue weighted by Gasteiger charge is 2.91. The quantitative estimate of drug-likeness (QED) is 0.585. The van der Waals surface area contributed by atoms with E-state index < -0.39 is 33.7 Å². The maximum Gasteiger partial charge on any atom is 0.328 e. The maximum atomic E-state index is 13.0. The number of nitrogens with zero attached hydrogens (tertiary/aromatic N) is 1. The average molecular weight is 346 g/mol. The molecule has 0 unspecified atom stereocenters. The molecule has 0 bridgehead atoms. The van der Waals surface area contributed by atoms with Gasteiger partial charge in [0.25, 0.3) is 11.8 Å². The number of halogens is 1. The Morgan fingerprint density at radius 1 is 1.08 bits per heavy atom. The van der Waals surface area contributed by atoms with Crippen molar-refractivity contribution in [2.24, 2.45) is 0 Å². The number of carbonyl (C=O) groups is 3. The standard InChI is InChI=1S/C17H16ClN3O3/c18-16-9-15(16,10-5-2-1-3-6-10)17(21-8-4-7-11(16)21)12(22)19-14(24)20-13(17)23/h1-3,5-6,11H,4,7-9H2,(H2,19,20,22,23,24)/t11-,15-,16-/m1/s1. The molecule has 124 valence electrons. The van der Waals surface area contributed by atoms with Crippen LogP contribution in [0, 0.1) is 0 Å². The first-order valence-electron chi connectivity index (χ1n) is 8.16. The molecule has 6 nitrogen and oxygen atoms in total. The molecule has 4 amide bonds. The molecule has 1 aromatic carbocycles. The van der Waals surface area contributed by atoms with Crippen molar-refractivity contribution in [2.45, 2.75) is 41.1 Å². The summed E-state index contributed by atoms with van der Waals surface area (Å²) in [6.07, 6.45) is 2.30. The summed E-state index contributed by atoms with van der Waals surface area (Å²) in [5, 5.41) is 4.63. The lowest BCUT2D eigenvalue weighted by Gasteiger charge is -2.44. The highest BCUT2D eigenvalue weighted by atomic mass is 35.5. The van der Waals surface area contributed by atoms with Crippen molar-refractivity contribution in [3.63, 3.8) is 0 Å². The van der Waals surface area contributed by atoms with Crippen molar-refractivity contribution in [1.82, 2.24) is 15.5 Å². The number of hydrogen-bond acceptors (Lipinski definition) is 4. The van der Waals surface area contributed by atoms with E-state index in [2.05, 4.69) is 10.6 Å². The Morgan fingerprint density at radius 3 is 2.42 bits per heavy atom. The summed E-state index contributed by atoms with van der Waals surface area (Å²) >= 11 is 7.04. The second-order valence-corrected chi connectivity index (χ2v) is 7.78. The third-order valence-electron chi connectivity index (χ3n) is 6.31. The Bertz CT molecular complexity index is 778. The Hall–Kier alpha value is -1.92. The van der Waals surface area contributed by atoms with Crippen LogP contribution in [0.15, 0.2) is 30.3 Å². The van der Waals surface area contributed by atoms with E-state index in [1.807, 2.05) is 35.2 Å². The summed E-state index contributed by atoms with van der Waals surface area (Å²) in [4.78, 5) is 39.0. The van der Waals surface area contributed by atoms with Gasteiger partial charge in [-0.15, -0.1) is 11.6 Å². The number of fused-ring (bicyclic) bond motifs is 5. The summed E-state index contributed by atoms with van der Waals surface area (Å²) in [5.41, 5.74) is -1.37. The highest BCUT2D eigenvalue weighted by molar-refractivity contribution is 6.33. The van der Waals surface area contributed by atoms with Crippen molar-refractivity contribution in [3.8, 4) is 0 Å². The summed E-state index contributed by atoms with van der Waals surface area (Å²) in [7, 11) is 0. The molecule has 0 radical (unpaired) electrons. The molecule has 3 atom stereocenters. The van der Waals surface area contributed by atoms with Gasteiger partial charge in [0.1, 0.15) is 0 Å². The van der Waals surface area contributed by atoms with E-state index in [4.69, 9.17) is 11.6 Å². The van der Waals surface area contributed by atoms with E-state index in [1.54, 1.807) is 0 Å². The topological polar surface area (TPSA) is 78.5 Å². The molecule has 4 fully saturated rings. The van der Waals surface area contributed by atoms with Crippen molar-refractivity contribution in [3.05, 3.63) is 35.9 Å². The van der Waals surface area contributed by atoms with Crippen LogP contribution >= 0.6 is 11.6 Å². The fraction of sp³-hybridized carbons (Fsp3) is 0.471. The van der Waals surface area contributed by atoms with Crippen LogP contribution in [0.25, 0.3) is 0 Å². The second kappa shape index (κ2) is 4.18. The molecular formula is C17H16ClN3O3. The molecule has 0 aromatic heterocycles. The molecule has 3 aliphatic heterocycles. The third-order valence-corrected chi connectivity index (χ3v) is 7.02. The number of benzene rings is 1. The van der Waals surface area contributed by atoms with Gasteiger partial charge in [-0.1, -0.05) is 30.3 Å². The van der Waals surface area contributed by atoms with Gasteiger partial charge in [0.05, 0.1) is 10.3 Å². The van der Waals surface area contributed by atoms with Crippen LogP contribution in [-0.2, 0) is 15.0 Å². The van der Waals surface area contributed by atoms with E-state index in [0.29, 0.717) is 13.0 Å². The van der Waals surface area contributed by atoms with Gasteiger partial charge in [-0.2, -0.15) is 0 Å². The Labute approximate surface area is 143 Å². The van der Waals surface area contributed by atoms with E-state index in [-0.39, 0.29) is 6.04 Å². The van der Waals surface area contributed by atoms with Crippen LogP contribution in [0.4, 0.5) is 4.79 Å². The monoisotopic (exact) mass is 345 g/mol. The van der Waals surface area contributed by atoms with Crippen LogP contribution in [0.5, 0.6) is 0 Å². The molecule has 7 heteroatoms. The number of piperidine rings is 1. The molecule has 1 aliphatic carbocycles. The normalized spacial score (nSPS) is 39.4. The molecular weight excluding hydrogens is 330 g/mol. The number of nitrogens with one attached hydrogen (secondary N) is 2. The molecule has 5 rings (SSSR count). The number of barbiturate groups is 1. The molecule has 4 aliphatic rings. The molecule has 2 N–H and O–H groups in total. The van der Waals surface area contributed by atoms with Crippen molar-refractivity contribution in [1.29, 1.82) is 0 Å². The number of rotatable bonds is 1. The minimum atomic E-state index is -1.45. The molecule has 1 aromatic rings. The van der Waals surface area contributed by atoms with Gasteiger partial charge >= 0.3 is 6.03 Å². The highest BCUT2D eigenvalue weighted by Crippen LogP contribution is 2.77. The van der Waals surface area contributed by atoms with Gasteiger partial charge in [-0.3, -0.25) is 25.1 Å². The lowest BCUT2D eigenvalue weighted by atomic mass is 9.73. The first kappa shape index (κ1) is 14.4. The fourth-order valence-corrected chi connectivity index (χ4v) is 6.18. The van der Waals surface area contributed by atoms with E-state index in [0.717, 1.165) is 18.4 Å². The minimum absolute atomic E-state index is 0.0379. The third kappa shape index (κ3) is 1.26. The summed E-state index contributed by atoms with van der Waals surface area (Å²) in [6.45, 7) is 0.628. The lowest BCUT2D eigenvalue weighted by Crippen LogP contribution is -2.76. The Kier molecular flexibility index (Phi) is 2.51. The van der Waals surface area contributed by atoms with Gasteiger partial charge in [-0.25, -0.2) is 4.79 Å². The molecule has 1 saturated carbocycles. The largest absolute Gasteiger partial charge is 0.328 e. The maximum absolute atomic E-state index is 13.0. The van der Waals surface area contributed by atoms with Crippen molar-refractivity contribution < 1.29 is 14.4 Å². The smallest absolute Gasteiger partial charge is 0.276 e. The van der Waals surface area contributed by atoms with E-state index >= 15 is 0 Å². The number of imide groups is 2. The molecule has 1 spiro atoms. The predicted octanol–water partition coefficient (Wildman–Crippen LogP) is 0.888. The zero-order chi connectivity index (χ0) is 16.7. The van der Waals surface area contributed by atoms with Crippen LogP contribution in [0.1, 0.15) is 24.8 Å². The Morgan fingerprint density at radius 2 is 1.75 bits per heavy atom. The number of amides is 4. The van der Waals surface area contributed by atoms with Crippen LogP contribution < -0.4 is 10.6 Å². The lowest BCUT2D eigenvalue weighted by molar-refractivity contribution is -0.148. The van der Waals surface area contributed by atoms with Gasteiger partial charge in [-0.05, 0) is 24.8 Å². The van der Waals surface area contributed by atoms with Crippen LogP contribution in [0.3, 0.4) is 0 Å². The second-order valence-electron chi connectivity index (χ2n) is 7.11. The van der Waals surface area contributed by atoms with Crippen molar-refractivity contribution in [2.75, 3.05) is 6.54 Å². The molecule has 3 heterocycles. The van der Waals surface area contributed by atoms with Crippen molar-refractivity contribution >= 4 is 29.4 Å². The van der Waals surface area contributed by atoms with Gasteiger partial charge < -0.3 is 0 Å². The average Bonchev–Trinajstić information content (AvgIpc) is 2.90. The zero-order valence-electron chi connectivity index (χ0n) is 12.8. The van der Waals surface area contributed by atoms with E-state index in [9.17, 15) is 14.4 Å². The first-order valence-corrected chi connectivity index (χ1v) is 8.54. The Balaban J connectivity index is 1.79. The number of carbonyl (C=O) groups excluding carboxylic acids is 3. The number of hydrogen-bond donors (Lipinski definition) is 2. The first-order chi connectivity index (χ1) is 11.5. The predicted molar refractivity (Wildman–Crippen MR) is 85.5 cm³/mol. The van der Waals surface area contributed by atoms with Gasteiger partial charge in [0, 0.05) is 12.6 Å². The summed E-state index contributed by atoms with van der Waals surface area (Å²) in [6, 6.07) is 8.72. The molecule has 24 heavy (non-hydrogen) atoms. The summed E-state index contributed by atoms with van der Waals surface area (Å²) < 4.78 is 0. The summed E-state index contributed by atoms with van der Waals surface area (Å²) in [5.74, 6) is -1.10. The van der Waals surface area contributed by atoms with Crippen LogP contribution in [0.2, 0.25) is 0 Å². The molecule has 3 saturated heterocycles. The fourth-order valence-electron chi connectivity index (χ4n) is 5.51. The zero-order valence-corrected chi connectivity index (χ0v) is 13.6. The number of urea groups is 1. The van der Waals surface area contributed by atoms with Gasteiger partial charge in [0.2, 0.25) is 0 Å². The number of alkyl halides is 1. The SMILES string of the molecule is O=C1NC(=O)C2(C(=O)N1)N1CCC[C@@H]1[C@]1(Cl)C[C@]21c1ccccc1. The van der Waals surface area contributed by atoms with E-state index in [1.165, 1.54) is 0 Å². The minimum Gasteiger partial charge on any atom is -0.276 e.